The standard InChI is InChI=1S/C17H27NO2/c1-3-9-18-17(16-6-4-14(2)5-7-16)13-20-12-15-8-10-19-11-15/h4-7,15,17-18H,3,8-13H2,1-2H3. The summed E-state index contributed by atoms with van der Waals surface area (Å²) < 4.78 is 11.3. The first-order valence-electron chi connectivity index (χ1n) is 7.75. The Kier molecular flexibility index (Phi) is 6.51. The van der Waals surface area contributed by atoms with E-state index in [-0.39, 0.29) is 6.04 Å². The summed E-state index contributed by atoms with van der Waals surface area (Å²) in [4.78, 5) is 0. The van der Waals surface area contributed by atoms with Crippen LogP contribution in [0.1, 0.15) is 36.9 Å². The average Bonchev–Trinajstić information content (AvgIpc) is 2.97. The molecule has 1 fully saturated rings. The molecule has 1 aromatic carbocycles. The van der Waals surface area contributed by atoms with Crippen molar-refractivity contribution in [3.63, 3.8) is 0 Å². The van der Waals surface area contributed by atoms with Crippen LogP contribution in [0.5, 0.6) is 0 Å². The molecule has 0 bridgehead atoms. The minimum absolute atomic E-state index is 0.290. The summed E-state index contributed by atoms with van der Waals surface area (Å²) in [5, 5.41) is 3.57. The van der Waals surface area contributed by atoms with Gasteiger partial charge in [-0.05, 0) is 31.9 Å². The summed E-state index contributed by atoms with van der Waals surface area (Å²) in [6, 6.07) is 9.02. The molecule has 2 unspecified atom stereocenters. The highest BCUT2D eigenvalue weighted by Gasteiger charge is 2.17. The van der Waals surface area contributed by atoms with E-state index < -0.39 is 0 Å². The zero-order chi connectivity index (χ0) is 14.2. The van der Waals surface area contributed by atoms with Crippen LogP contribution >= 0.6 is 0 Å². The van der Waals surface area contributed by atoms with Crippen molar-refractivity contribution >= 4 is 0 Å². The van der Waals surface area contributed by atoms with Gasteiger partial charge in [-0.15, -0.1) is 0 Å². The highest BCUT2D eigenvalue weighted by Crippen LogP contribution is 2.17. The molecule has 0 aromatic heterocycles. The Balaban J connectivity index is 1.84. The van der Waals surface area contributed by atoms with Crippen LogP contribution in [-0.2, 0) is 9.47 Å². The fourth-order valence-electron chi connectivity index (χ4n) is 2.46. The number of ether oxygens (including phenoxy) is 2. The highest BCUT2D eigenvalue weighted by atomic mass is 16.5. The highest BCUT2D eigenvalue weighted by molar-refractivity contribution is 5.24. The van der Waals surface area contributed by atoms with Crippen LogP contribution in [0, 0.1) is 12.8 Å². The van der Waals surface area contributed by atoms with Crippen molar-refractivity contribution in [2.24, 2.45) is 5.92 Å². The van der Waals surface area contributed by atoms with Gasteiger partial charge < -0.3 is 14.8 Å². The number of benzene rings is 1. The second-order valence-electron chi connectivity index (χ2n) is 5.68. The monoisotopic (exact) mass is 277 g/mol. The van der Waals surface area contributed by atoms with Crippen LogP contribution in [0.25, 0.3) is 0 Å². The maximum absolute atomic E-state index is 5.92. The summed E-state index contributed by atoms with van der Waals surface area (Å²) >= 11 is 0. The molecular weight excluding hydrogens is 250 g/mol. The van der Waals surface area contributed by atoms with Gasteiger partial charge in [-0.25, -0.2) is 0 Å². The predicted octanol–water partition coefficient (Wildman–Crippen LogP) is 3.09. The van der Waals surface area contributed by atoms with Gasteiger partial charge in [0, 0.05) is 12.5 Å². The molecule has 0 saturated carbocycles. The largest absolute Gasteiger partial charge is 0.381 e. The lowest BCUT2D eigenvalue weighted by atomic mass is 10.1. The van der Waals surface area contributed by atoms with Crippen molar-refractivity contribution in [1.29, 1.82) is 0 Å². The molecule has 1 N–H and O–H groups in total. The van der Waals surface area contributed by atoms with Crippen molar-refractivity contribution < 1.29 is 9.47 Å². The first kappa shape index (κ1) is 15.5. The van der Waals surface area contributed by atoms with E-state index in [1.54, 1.807) is 0 Å². The molecule has 112 valence electrons. The van der Waals surface area contributed by atoms with E-state index >= 15 is 0 Å². The fraction of sp³-hybridized carbons (Fsp3) is 0.647. The second-order valence-corrected chi connectivity index (χ2v) is 5.68. The van der Waals surface area contributed by atoms with Gasteiger partial charge in [-0.3, -0.25) is 0 Å². The number of hydrogen-bond acceptors (Lipinski definition) is 3. The van der Waals surface area contributed by atoms with Gasteiger partial charge >= 0.3 is 0 Å². The molecule has 2 atom stereocenters. The maximum atomic E-state index is 5.92. The van der Waals surface area contributed by atoms with Gasteiger partial charge in [0.05, 0.1) is 25.9 Å². The van der Waals surface area contributed by atoms with Crippen LogP contribution < -0.4 is 5.32 Å². The lowest BCUT2D eigenvalue weighted by Gasteiger charge is -2.20. The lowest BCUT2D eigenvalue weighted by Crippen LogP contribution is -2.27. The topological polar surface area (TPSA) is 30.5 Å². The lowest BCUT2D eigenvalue weighted by molar-refractivity contribution is 0.0744. The Bertz CT molecular complexity index is 371. The third-order valence-corrected chi connectivity index (χ3v) is 3.78. The van der Waals surface area contributed by atoms with Crippen LogP contribution in [-0.4, -0.2) is 33.0 Å². The molecule has 3 heteroatoms. The molecule has 1 aromatic rings. The number of rotatable bonds is 8. The zero-order valence-corrected chi connectivity index (χ0v) is 12.7. The summed E-state index contributed by atoms with van der Waals surface area (Å²) in [6.07, 6.45) is 2.27. The van der Waals surface area contributed by atoms with E-state index in [2.05, 4.69) is 43.4 Å². The summed E-state index contributed by atoms with van der Waals surface area (Å²) in [7, 11) is 0. The van der Waals surface area contributed by atoms with E-state index in [9.17, 15) is 0 Å². The normalized spacial score (nSPS) is 20.2. The molecule has 1 aliphatic rings. The Labute approximate surface area is 122 Å². The van der Waals surface area contributed by atoms with E-state index in [1.165, 1.54) is 11.1 Å². The van der Waals surface area contributed by atoms with Gasteiger partial charge in [-0.2, -0.15) is 0 Å². The number of aryl methyl sites for hydroxylation is 1. The minimum atomic E-state index is 0.290. The van der Waals surface area contributed by atoms with Crippen LogP contribution in [0.15, 0.2) is 24.3 Å². The van der Waals surface area contributed by atoms with Crippen molar-refractivity contribution in [2.45, 2.75) is 32.7 Å². The smallest absolute Gasteiger partial charge is 0.0661 e. The Hall–Kier alpha value is -0.900. The summed E-state index contributed by atoms with van der Waals surface area (Å²) in [5.41, 5.74) is 2.61. The van der Waals surface area contributed by atoms with Crippen LogP contribution in [0.4, 0.5) is 0 Å². The Morgan fingerprint density at radius 1 is 1.35 bits per heavy atom. The van der Waals surface area contributed by atoms with E-state index in [1.807, 2.05) is 0 Å². The van der Waals surface area contributed by atoms with Crippen molar-refractivity contribution in [2.75, 3.05) is 33.0 Å². The molecule has 3 nitrogen and oxygen atoms in total. The molecule has 2 rings (SSSR count). The average molecular weight is 277 g/mol. The van der Waals surface area contributed by atoms with Gasteiger partial charge in [0.15, 0.2) is 0 Å². The Morgan fingerprint density at radius 2 is 2.15 bits per heavy atom. The Morgan fingerprint density at radius 3 is 2.80 bits per heavy atom. The van der Waals surface area contributed by atoms with Crippen LogP contribution in [0.2, 0.25) is 0 Å². The fourth-order valence-corrected chi connectivity index (χ4v) is 2.46. The van der Waals surface area contributed by atoms with Crippen LogP contribution in [0.3, 0.4) is 0 Å². The molecule has 0 radical (unpaired) electrons. The summed E-state index contributed by atoms with van der Waals surface area (Å²) in [5.74, 6) is 0.583. The second kappa shape index (κ2) is 8.40. The molecule has 0 amide bonds. The number of nitrogens with one attached hydrogen (secondary N) is 1. The van der Waals surface area contributed by atoms with E-state index in [4.69, 9.17) is 9.47 Å². The minimum Gasteiger partial charge on any atom is -0.381 e. The van der Waals surface area contributed by atoms with Crippen molar-refractivity contribution in [3.05, 3.63) is 35.4 Å². The number of hydrogen-bond donors (Lipinski definition) is 1. The third kappa shape index (κ3) is 4.89. The van der Waals surface area contributed by atoms with Gasteiger partial charge in [0.25, 0.3) is 0 Å². The first-order valence-corrected chi connectivity index (χ1v) is 7.75. The van der Waals surface area contributed by atoms with Gasteiger partial charge in [0.1, 0.15) is 0 Å². The molecule has 1 saturated heterocycles. The van der Waals surface area contributed by atoms with Crippen molar-refractivity contribution in [3.8, 4) is 0 Å². The molecule has 1 heterocycles. The molecule has 0 aliphatic carbocycles. The van der Waals surface area contributed by atoms with Crippen molar-refractivity contribution in [1.82, 2.24) is 5.32 Å². The van der Waals surface area contributed by atoms with Gasteiger partial charge in [0.2, 0.25) is 0 Å². The maximum Gasteiger partial charge on any atom is 0.0661 e. The quantitative estimate of drug-likeness (QED) is 0.792. The molecular formula is C17H27NO2. The molecule has 0 spiro atoms. The summed E-state index contributed by atoms with van der Waals surface area (Å²) in [6.45, 7) is 8.63. The predicted molar refractivity (Wildman–Crippen MR) is 82.0 cm³/mol. The SMILES string of the molecule is CCCNC(COCC1CCOC1)c1ccc(C)cc1. The first-order chi connectivity index (χ1) is 9.79. The molecule has 20 heavy (non-hydrogen) atoms. The van der Waals surface area contributed by atoms with E-state index in [0.717, 1.165) is 45.8 Å². The van der Waals surface area contributed by atoms with E-state index in [0.29, 0.717) is 5.92 Å². The molecule has 1 aliphatic heterocycles. The third-order valence-electron chi connectivity index (χ3n) is 3.78. The zero-order valence-electron chi connectivity index (χ0n) is 12.7. The van der Waals surface area contributed by atoms with Gasteiger partial charge in [-0.1, -0.05) is 36.8 Å².